The van der Waals surface area contributed by atoms with Crippen molar-refractivity contribution in [2.45, 2.75) is 0 Å². The van der Waals surface area contributed by atoms with Crippen LogP contribution in [0, 0.1) is 0 Å². The summed E-state index contributed by atoms with van der Waals surface area (Å²) < 4.78 is 26.6. The van der Waals surface area contributed by atoms with Crippen LogP contribution in [0.25, 0.3) is 0 Å². The van der Waals surface area contributed by atoms with Crippen LogP contribution in [0.5, 0.6) is 0 Å². The van der Waals surface area contributed by atoms with E-state index in [1.807, 2.05) is 0 Å². The molecule has 0 aliphatic heterocycles. The van der Waals surface area contributed by atoms with Gasteiger partial charge in [-0.1, -0.05) is 0 Å². The van der Waals surface area contributed by atoms with Gasteiger partial charge in [0.1, 0.15) is 11.5 Å². The van der Waals surface area contributed by atoms with Crippen molar-refractivity contribution >= 4 is 11.5 Å². The average Bonchev–Trinajstić information content (AvgIpc) is 0.811. The van der Waals surface area contributed by atoms with E-state index in [9.17, 15) is 3.89 Å². The summed E-state index contributed by atoms with van der Waals surface area (Å²) in [6, 6.07) is 0. The molecule has 0 saturated carbocycles. The first-order valence-electron chi connectivity index (χ1n) is 0.488. The minimum Gasteiger partial charge on any atom is -0.746 e. The van der Waals surface area contributed by atoms with Crippen molar-refractivity contribution in [2.75, 3.05) is 0 Å². The van der Waals surface area contributed by atoms with Crippen LogP contribution in [0.1, 0.15) is 0 Å². The molecule has 0 fully saturated rings. The fraction of sp³-hybridized carbons (Fsp3) is 0. The molecule has 0 aromatic carbocycles. The van der Waals surface area contributed by atoms with Gasteiger partial charge in [0.15, 0.2) is 0 Å². The van der Waals surface area contributed by atoms with E-state index in [1.165, 1.54) is 0 Å². The van der Waals surface area contributed by atoms with E-state index in [1.54, 1.807) is 0 Å². The third kappa shape index (κ3) is 66.4. The summed E-state index contributed by atoms with van der Waals surface area (Å²) in [6.45, 7) is 0. The Bertz CT molecular complexity index is 32.6. The molecule has 0 radical (unpaired) electrons. The van der Waals surface area contributed by atoms with Crippen LogP contribution in [0.3, 0.4) is 0 Å². The summed E-state index contributed by atoms with van der Waals surface area (Å²) in [6.07, 6.45) is 0. The molecule has 0 aromatic heterocycles. The summed E-state index contributed by atoms with van der Waals surface area (Å²) in [4.78, 5) is 0. The van der Waals surface area contributed by atoms with Gasteiger partial charge in [-0.3, -0.25) is 0 Å². The molecule has 0 heterocycles. The SMILES string of the molecule is O=S([O-])F.[W]. The van der Waals surface area contributed by atoms with Gasteiger partial charge in [0.2, 0.25) is 0 Å². The predicted octanol–water partition coefficient (Wildman–Crippen LogP) is -0.252. The average molecular weight is 267 g/mol. The van der Waals surface area contributed by atoms with Gasteiger partial charge in [-0.05, 0) is 0 Å². The first kappa shape index (κ1) is 9.21. The van der Waals surface area contributed by atoms with Gasteiger partial charge in [-0.25, -0.2) is 4.21 Å². The molecule has 0 N–H and O–H groups in total. The van der Waals surface area contributed by atoms with Gasteiger partial charge in [0.25, 0.3) is 0 Å². The van der Waals surface area contributed by atoms with Gasteiger partial charge >= 0.3 is 0 Å². The zero-order valence-corrected chi connectivity index (χ0v) is 5.76. The quantitative estimate of drug-likeness (QED) is 0.448. The Morgan fingerprint density at radius 1 is 1.80 bits per heavy atom. The molecule has 0 rings (SSSR count). The van der Waals surface area contributed by atoms with E-state index in [0.29, 0.717) is 0 Å². The maximum atomic E-state index is 9.92. The molecule has 2 nitrogen and oxygen atoms in total. The molecule has 5 heteroatoms. The Morgan fingerprint density at radius 3 is 1.80 bits per heavy atom. The van der Waals surface area contributed by atoms with E-state index in [2.05, 4.69) is 0 Å². The van der Waals surface area contributed by atoms with Crippen molar-refractivity contribution < 1.29 is 33.7 Å². The van der Waals surface area contributed by atoms with Crippen LogP contribution < -0.4 is 0 Å². The third-order valence-corrected chi connectivity index (χ3v) is 0. The fourth-order valence-electron chi connectivity index (χ4n) is 0. The topological polar surface area (TPSA) is 40.1 Å². The summed E-state index contributed by atoms with van der Waals surface area (Å²) >= 11 is -3.36. The zero-order valence-electron chi connectivity index (χ0n) is 2.01. The molecule has 0 aromatic rings. The Labute approximate surface area is 45.6 Å². The Morgan fingerprint density at radius 2 is 1.80 bits per heavy atom. The standard InChI is InChI=1S/FHO2S.W/c1-4(2)3;/h(H,2,3);/p-1. The second-order valence-electron chi connectivity index (χ2n) is 0.194. The van der Waals surface area contributed by atoms with Crippen molar-refractivity contribution in [2.24, 2.45) is 0 Å². The Kier molecular flexibility index (Phi) is 8.71. The monoisotopic (exact) mass is 267 g/mol. The molecular formula is FO2SW-. The summed E-state index contributed by atoms with van der Waals surface area (Å²) in [7, 11) is 0. The van der Waals surface area contributed by atoms with Gasteiger partial charge in [0.05, 0.1) is 0 Å². The minimum atomic E-state index is -3.36. The van der Waals surface area contributed by atoms with Crippen molar-refractivity contribution in [3.8, 4) is 0 Å². The van der Waals surface area contributed by atoms with E-state index >= 15 is 0 Å². The summed E-state index contributed by atoms with van der Waals surface area (Å²) in [5.74, 6) is 0. The number of hydrogen-bond acceptors (Lipinski definition) is 2. The molecule has 0 aliphatic rings. The molecule has 0 aliphatic carbocycles. The first-order chi connectivity index (χ1) is 1.73. The molecule has 0 bridgehead atoms. The number of hydrogen-bond donors (Lipinski definition) is 0. The maximum Gasteiger partial charge on any atom is 0.132 e. The molecule has 0 saturated heterocycles. The van der Waals surface area contributed by atoms with E-state index in [0.717, 1.165) is 0 Å². The number of rotatable bonds is 0. The Balaban J connectivity index is 0. The largest absolute Gasteiger partial charge is 0.746 e. The molecule has 5 heavy (non-hydrogen) atoms. The Hall–Kier alpha value is 0.728. The van der Waals surface area contributed by atoms with Crippen molar-refractivity contribution in [1.82, 2.24) is 0 Å². The smallest absolute Gasteiger partial charge is 0.132 e. The summed E-state index contributed by atoms with van der Waals surface area (Å²) in [5, 5.41) is 0. The van der Waals surface area contributed by atoms with Crippen LogP contribution in [0.4, 0.5) is 3.89 Å². The van der Waals surface area contributed by atoms with Crippen molar-refractivity contribution in [3.05, 3.63) is 0 Å². The zero-order chi connectivity index (χ0) is 3.58. The molecular weight excluding hydrogens is 267 g/mol. The molecule has 1 atom stereocenters. The minimum absolute atomic E-state index is 0. The van der Waals surface area contributed by atoms with Gasteiger partial charge in [-0.15, -0.1) is 3.89 Å². The van der Waals surface area contributed by atoms with Crippen LogP contribution in [0.15, 0.2) is 0 Å². The van der Waals surface area contributed by atoms with Crippen molar-refractivity contribution in [1.29, 1.82) is 0 Å². The number of halogens is 1. The van der Waals surface area contributed by atoms with E-state index in [-0.39, 0.29) is 21.1 Å². The van der Waals surface area contributed by atoms with Gasteiger partial charge in [-0.2, -0.15) is 0 Å². The van der Waals surface area contributed by atoms with Crippen LogP contribution in [-0.2, 0) is 32.5 Å². The maximum absolute atomic E-state index is 9.92. The molecule has 0 amide bonds. The van der Waals surface area contributed by atoms with Gasteiger partial charge < -0.3 is 4.55 Å². The molecule has 32 valence electrons. The molecule has 0 spiro atoms. The van der Waals surface area contributed by atoms with Crippen LogP contribution in [0.2, 0.25) is 0 Å². The fourth-order valence-corrected chi connectivity index (χ4v) is 0. The summed E-state index contributed by atoms with van der Waals surface area (Å²) in [5.41, 5.74) is 0. The predicted molar refractivity (Wildman–Crippen MR) is 10.0 cm³/mol. The van der Waals surface area contributed by atoms with Crippen LogP contribution in [-0.4, -0.2) is 8.76 Å². The normalized spacial score (nSPS) is 12.4. The van der Waals surface area contributed by atoms with Crippen LogP contribution >= 0.6 is 0 Å². The third-order valence-electron chi connectivity index (χ3n) is 0. The first-order valence-corrected chi connectivity index (χ1v) is 1.46. The molecule has 1 unspecified atom stereocenters. The van der Waals surface area contributed by atoms with Gasteiger partial charge in [0, 0.05) is 21.1 Å². The van der Waals surface area contributed by atoms with E-state index in [4.69, 9.17) is 8.76 Å². The second-order valence-corrected chi connectivity index (χ2v) is 0.582. The second kappa shape index (κ2) is 4.73. The van der Waals surface area contributed by atoms with Crippen molar-refractivity contribution in [3.63, 3.8) is 0 Å². The van der Waals surface area contributed by atoms with E-state index < -0.39 is 11.5 Å².